The van der Waals surface area contributed by atoms with E-state index >= 15 is 0 Å². The molecule has 2 heterocycles. The number of nitrogens with one attached hydrogen (secondary N) is 1. The molecule has 0 amide bonds. The van der Waals surface area contributed by atoms with Gasteiger partial charge < -0.3 is 15.0 Å². The molecule has 0 bridgehead atoms. The minimum absolute atomic E-state index is 0. The summed E-state index contributed by atoms with van der Waals surface area (Å²) < 4.78 is 29.3. The molecule has 0 spiro atoms. The van der Waals surface area contributed by atoms with Gasteiger partial charge in [-0.25, -0.2) is 8.42 Å². The van der Waals surface area contributed by atoms with Gasteiger partial charge in [0, 0.05) is 38.8 Å². The van der Waals surface area contributed by atoms with Gasteiger partial charge in [0.25, 0.3) is 0 Å². The van der Waals surface area contributed by atoms with Crippen LogP contribution in [0.3, 0.4) is 0 Å². The summed E-state index contributed by atoms with van der Waals surface area (Å²) in [4.78, 5) is 9.46. The van der Waals surface area contributed by atoms with E-state index in [0.29, 0.717) is 31.6 Å². The van der Waals surface area contributed by atoms with Crippen LogP contribution in [-0.4, -0.2) is 93.2 Å². The van der Waals surface area contributed by atoms with Crippen molar-refractivity contribution in [2.24, 2.45) is 10.9 Å². The number of morpholine rings is 1. The second-order valence-electron chi connectivity index (χ2n) is 8.15. The molecule has 1 atom stereocenters. The molecule has 7 nitrogen and oxygen atoms in total. The Morgan fingerprint density at radius 2 is 1.85 bits per heavy atom. The third kappa shape index (κ3) is 6.43. The maximum atomic E-state index is 12.3. The molecule has 9 heteroatoms. The lowest BCUT2D eigenvalue weighted by molar-refractivity contribution is 0.00862. The lowest BCUT2D eigenvalue weighted by Gasteiger charge is -2.40. The van der Waals surface area contributed by atoms with Crippen molar-refractivity contribution < 1.29 is 13.2 Å². The van der Waals surface area contributed by atoms with Crippen molar-refractivity contribution in [3.63, 3.8) is 0 Å². The molecule has 2 aliphatic heterocycles. The maximum Gasteiger partial charge on any atom is 0.194 e. The Bertz CT molecular complexity index is 589. The van der Waals surface area contributed by atoms with Gasteiger partial charge in [-0.1, -0.05) is 13.8 Å². The first-order chi connectivity index (χ1) is 12.2. The van der Waals surface area contributed by atoms with E-state index < -0.39 is 14.6 Å². The van der Waals surface area contributed by atoms with Crippen LogP contribution in [0.4, 0.5) is 0 Å². The highest BCUT2D eigenvalue weighted by Gasteiger charge is 2.41. The number of ether oxygens (including phenoxy) is 1. The van der Waals surface area contributed by atoms with Crippen molar-refractivity contribution >= 4 is 39.8 Å². The Morgan fingerprint density at radius 1 is 1.22 bits per heavy atom. The van der Waals surface area contributed by atoms with Gasteiger partial charge in [-0.05, 0) is 26.7 Å². The molecular weight excluding hydrogens is 479 g/mol. The molecular formula is C18H37IN4O3S. The summed E-state index contributed by atoms with van der Waals surface area (Å²) in [5, 5.41) is 3.35. The summed E-state index contributed by atoms with van der Waals surface area (Å²) in [6.45, 7) is 16.1. The molecule has 2 saturated heterocycles. The van der Waals surface area contributed by atoms with Crippen LogP contribution in [0.1, 0.15) is 34.6 Å². The van der Waals surface area contributed by atoms with Crippen LogP contribution in [-0.2, 0) is 14.6 Å². The van der Waals surface area contributed by atoms with Crippen molar-refractivity contribution in [2.45, 2.75) is 45.4 Å². The van der Waals surface area contributed by atoms with Gasteiger partial charge in [-0.15, -0.1) is 24.0 Å². The van der Waals surface area contributed by atoms with E-state index in [-0.39, 0.29) is 29.7 Å². The molecule has 0 aromatic carbocycles. The number of sulfone groups is 1. The van der Waals surface area contributed by atoms with Crippen molar-refractivity contribution in [3.8, 4) is 0 Å². The molecule has 0 aromatic heterocycles. The molecule has 1 unspecified atom stereocenters. The summed E-state index contributed by atoms with van der Waals surface area (Å²) >= 11 is 0. The predicted octanol–water partition coefficient (Wildman–Crippen LogP) is 1.44. The highest BCUT2D eigenvalue weighted by molar-refractivity contribution is 14.0. The van der Waals surface area contributed by atoms with E-state index in [0.717, 1.165) is 38.8 Å². The topological polar surface area (TPSA) is 74.2 Å². The zero-order valence-electron chi connectivity index (χ0n) is 17.4. The molecule has 1 N–H and O–H groups in total. The summed E-state index contributed by atoms with van der Waals surface area (Å²) in [6.07, 6.45) is 0. The Labute approximate surface area is 182 Å². The summed E-state index contributed by atoms with van der Waals surface area (Å²) in [5.41, 5.74) is 0. The molecule has 27 heavy (non-hydrogen) atoms. The van der Waals surface area contributed by atoms with Gasteiger partial charge in [0.2, 0.25) is 0 Å². The van der Waals surface area contributed by atoms with E-state index in [1.807, 2.05) is 20.8 Å². The van der Waals surface area contributed by atoms with Gasteiger partial charge >= 0.3 is 0 Å². The first-order valence-electron chi connectivity index (χ1n) is 9.75. The van der Waals surface area contributed by atoms with Crippen molar-refractivity contribution in [2.75, 3.05) is 58.2 Å². The number of nitrogens with zero attached hydrogens (tertiary/aromatic N) is 3. The van der Waals surface area contributed by atoms with E-state index in [9.17, 15) is 8.42 Å². The van der Waals surface area contributed by atoms with Gasteiger partial charge in [-0.2, -0.15) is 0 Å². The summed E-state index contributed by atoms with van der Waals surface area (Å²) in [5.74, 6) is 1.51. The quantitative estimate of drug-likeness (QED) is 0.339. The lowest BCUT2D eigenvalue weighted by Crippen LogP contribution is -2.57. The third-order valence-corrected chi connectivity index (χ3v) is 7.92. The second kappa shape index (κ2) is 10.6. The van der Waals surface area contributed by atoms with Gasteiger partial charge in [0.15, 0.2) is 15.8 Å². The first kappa shape index (κ1) is 24.9. The SMILES string of the molecule is CCNC(=NCC(C(C)C)N1CCOCC1)N1CCS(=O)(=O)C(C)(C)C1.I. The fourth-order valence-corrected chi connectivity index (χ4v) is 4.95. The minimum atomic E-state index is -3.05. The van der Waals surface area contributed by atoms with Crippen LogP contribution in [0.5, 0.6) is 0 Å². The van der Waals surface area contributed by atoms with Crippen LogP contribution in [0.2, 0.25) is 0 Å². The average molecular weight is 516 g/mol. The Kier molecular flexibility index (Phi) is 9.77. The molecule has 0 aliphatic carbocycles. The monoisotopic (exact) mass is 516 g/mol. The third-order valence-electron chi connectivity index (χ3n) is 5.39. The molecule has 2 fully saturated rings. The smallest absolute Gasteiger partial charge is 0.194 e. The Morgan fingerprint density at radius 3 is 2.37 bits per heavy atom. The molecule has 0 saturated carbocycles. The standard InChI is InChI=1S/C18H36N4O3S.HI/c1-6-19-17(22-9-12-26(23,24)18(4,5)14-22)20-13-16(15(2)3)21-7-10-25-11-8-21;/h15-16H,6-14H2,1-5H3,(H,19,20);1H. The van der Waals surface area contributed by atoms with Crippen LogP contribution in [0.15, 0.2) is 4.99 Å². The highest BCUT2D eigenvalue weighted by Crippen LogP contribution is 2.24. The number of hydrogen-bond acceptors (Lipinski definition) is 5. The average Bonchev–Trinajstić information content (AvgIpc) is 2.57. The first-order valence-corrected chi connectivity index (χ1v) is 11.4. The molecule has 160 valence electrons. The lowest BCUT2D eigenvalue weighted by atomic mass is 10.0. The van der Waals surface area contributed by atoms with E-state index in [1.54, 1.807) is 0 Å². The van der Waals surface area contributed by atoms with Crippen LogP contribution in [0.25, 0.3) is 0 Å². The number of guanidine groups is 1. The Hall–Kier alpha value is -0.130. The maximum absolute atomic E-state index is 12.3. The van der Waals surface area contributed by atoms with Crippen molar-refractivity contribution in [1.82, 2.24) is 15.1 Å². The largest absolute Gasteiger partial charge is 0.379 e. The highest BCUT2D eigenvalue weighted by atomic mass is 127. The van der Waals surface area contributed by atoms with E-state index in [4.69, 9.17) is 9.73 Å². The molecule has 0 aromatic rings. The summed E-state index contributed by atoms with van der Waals surface area (Å²) in [7, 11) is -3.05. The second-order valence-corrected chi connectivity index (χ2v) is 10.9. The molecule has 2 rings (SSSR count). The van der Waals surface area contributed by atoms with Crippen molar-refractivity contribution in [1.29, 1.82) is 0 Å². The van der Waals surface area contributed by atoms with Crippen LogP contribution in [0, 0.1) is 5.92 Å². The van der Waals surface area contributed by atoms with Crippen LogP contribution >= 0.6 is 24.0 Å². The number of aliphatic imine (C=N–C) groups is 1. The van der Waals surface area contributed by atoms with Crippen molar-refractivity contribution in [3.05, 3.63) is 0 Å². The number of hydrogen-bond donors (Lipinski definition) is 1. The Balaban J connectivity index is 0.00000364. The van der Waals surface area contributed by atoms with Crippen LogP contribution < -0.4 is 5.32 Å². The zero-order valence-corrected chi connectivity index (χ0v) is 20.5. The van der Waals surface area contributed by atoms with E-state index in [1.165, 1.54) is 0 Å². The van der Waals surface area contributed by atoms with Gasteiger partial charge in [0.1, 0.15) is 0 Å². The fourth-order valence-electron chi connectivity index (χ4n) is 3.59. The van der Waals surface area contributed by atoms with Gasteiger partial charge in [-0.3, -0.25) is 9.89 Å². The normalized spacial score (nSPS) is 24.4. The van der Waals surface area contributed by atoms with Gasteiger partial charge in [0.05, 0.1) is 30.3 Å². The number of halogens is 1. The minimum Gasteiger partial charge on any atom is -0.379 e. The molecule has 0 radical (unpaired) electrons. The number of rotatable bonds is 5. The molecule has 2 aliphatic rings. The predicted molar refractivity (Wildman–Crippen MR) is 122 cm³/mol. The summed E-state index contributed by atoms with van der Waals surface area (Å²) in [6, 6.07) is 0.370. The zero-order chi connectivity index (χ0) is 19.4. The fraction of sp³-hybridized carbons (Fsp3) is 0.944. The van der Waals surface area contributed by atoms with E-state index in [2.05, 4.69) is 29.0 Å².